The number of nitrogens with zero attached hydrogens (tertiary/aromatic N) is 3. The topological polar surface area (TPSA) is 81.9 Å². The number of fused-ring (bicyclic) bond motifs is 1. The van der Waals surface area contributed by atoms with Gasteiger partial charge in [-0.05, 0) is 60.8 Å². The van der Waals surface area contributed by atoms with E-state index in [0.29, 0.717) is 17.8 Å². The molecule has 2 unspecified atom stereocenters. The van der Waals surface area contributed by atoms with Crippen LogP contribution in [0.1, 0.15) is 17.9 Å². The van der Waals surface area contributed by atoms with Gasteiger partial charge in [0.05, 0.1) is 43.9 Å². The summed E-state index contributed by atoms with van der Waals surface area (Å²) >= 11 is 0. The molecule has 2 N–H and O–H groups in total. The average molecular weight is 474 g/mol. The van der Waals surface area contributed by atoms with Crippen molar-refractivity contribution < 1.29 is 14.2 Å². The van der Waals surface area contributed by atoms with Gasteiger partial charge in [-0.2, -0.15) is 0 Å². The van der Waals surface area contributed by atoms with Crippen molar-refractivity contribution in [3.63, 3.8) is 0 Å². The van der Waals surface area contributed by atoms with Crippen LogP contribution >= 0.6 is 0 Å². The molecule has 0 bridgehead atoms. The third-order valence-corrected chi connectivity index (χ3v) is 6.67. The molecule has 0 amide bonds. The Morgan fingerprint density at radius 2 is 1.89 bits per heavy atom. The highest BCUT2D eigenvalue weighted by atomic mass is 16.5. The van der Waals surface area contributed by atoms with Crippen molar-refractivity contribution in [2.24, 2.45) is 5.92 Å². The Morgan fingerprint density at radius 3 is 2.71 bits per heavy atom. The molecular weight excluding hydrogens is 442 g/mol. The van der Waals surface area contributed by atoms with E-state index in [0.717, 1.165) is 60.1 Å². The summed E-state index contributed by atoms with van der Waals surface area (Å²) in [6.07, 6.45) is 2.88. The quantitative estimate of drug-likeness (QED) is 0.390. The van der Waals surface area contributed by atoms with Gasteiger partial charge in [-0.3, -0.25) is 0 Å². The number of anilines is 2. The van der Waals surface area contributed by atoms with Crippen LogP contribution in [0, 0.1) is 5.92 Å². The highest BCUT2D eigenvalue weighted by Gasteiger charge is 2.27. The number of ether oxygens (including phenoxy) is 3. The molecule has 182 valence electrons. The number of methoxy groups -OCH3 is 3. The molecular formula is C27H31N5O3. The Bertz CT molecular complexity index is 1300. The van der Waals surface area contributed by atoms with Crippen molar-refractivity contribution in [2.45, 2.75) is 12.3 Å². The first-order chi connectivity index (χ1) is 17.2. The zero-order chi connectivity index (χ0) is 24.2. The van der Waals surface area contributed by atoms with E-state index in [1.165, 1.54) is 5.56 Å². The minimum absolute atomic E-state index is 0.426. The van der Waals surface area contributed by atoms with E-state index in [9.17, 15) is 0 Å². The maximum Gasteiger partial charge on any atom is 0.245 e. The van der Waals surface area contributed by atoms with Crippen LogP contribution in [-0.4, -0.2) is 55.6 Å². The zero-order valence-electron chi connectivity index (χ0n) is 20.3. The lowest BCUT2D eigenvalue weighted by atomic mass is 9.81. The number of hydrogen-bond acceptors (Lipinski definition) is 7. The van der Waals surface area contributed by atoms with E-state index in [-0.39, 0.29) is 0 Å². The predicted molar refractivity (Wildman–Crippen MR) is 137 cm³/mol. The molecule has 2 atom stereocenters. The molecule has 4 aromatic rings. The van der Waals surface area contributed by atoms with Gasteiger partial charge in [0.2, 0.25) is 5.95 Å². The second-order valence-corrected chi connectivity index (χ2v) is 8.74. The molecule has 0 aliphatic carbocycles. The molecule has 0 radical (unpaired) electrons. The second kappa shape index (κ2) is 10.3. The van der Waals surface area contributed by atoms with E-state index in [1.54, 1.807) is 27.5 Å². The van der Waals surface area contributed by atoms with E-state index in [2.05, 4.69) is 27.8 Å². The summed E-state index contributed by atoms with van der Waals surface area (Å²) in [5.74, 6) is 2.90. The summed E-state index contributed by atoms with van der Waals surface area (Å²) in [7, 11) is 5.13. The van der Waals surface area contributed by atoms with Crippen LogP contribution in [0.5, 0.6) is 11.5 Å². The SMILES string of the molecule is COCC1CNCCC1c1ccc(Nc2ncc3ccc(-c4ccccc4OC)n3n2)c(OC)c1. The molecule has 0 saturated carbocycles. The molecule has 1 saturated heterocycles. The Labute approximate surface area is 205 Å². The third kappa shape index (κ3) is 4.67. The number of nitrogens with one attached hydrogen (secondary N) is 2. The lowest BCUT2D eigenvalue weighted by molar-refractivity contribution is 0.125. The van der Waals surface area contributed by atoms with Crippen LogP contribution < -0.4 is 20.1 Å². The molecule has 2 aromatic carbocycles. The first kappa shape index (κ1) is 23.1. The van der Waals surface area contributed by atoms with Crippen molar-refractivity contribution in [3.8, 4) is 22.8 Å². The molecule has 8 heteroatoms. The van der Waals surface area contributed by atoms with Gasteiger partial charge in [0.15, 0.2) is 0 Å². The maximum absolute atomic E-state index is 5.75. The standard InChI is InChI=1S/C27H31N5O3/c1-33-17-19-15-28-13-12-21(19)18-8-10-23(26(14-18)35-3)30-27-29-16-20-9-11-24(32(20)31-27)22-6-4-5-7-25(22)34-2/h4-11,14,16,19,21,28H,12-13,15,17H2,1-3H3,(H,30,31). The summed E-state index contributed by atoms with van der Waals surface area (Å²) in [4.78, 5) is 4.52. The third-order valence-electron chi connectivity index (χ3n) is 6.67. The predicted octanol–water partition coefficient (Wildman–Crippen LogP) is 4.50. The van der Waals surface area contributed by atoms with Crippen molar-refractivity contribution in [2.75, 3.05) is 46.3 Å². The molecule has 3 heterocycles. The van der Waals surface area contributed by atoms with E-state index >= 15 is 0 Å². The van der Waals surface area contributed by atoms with Crippen LogP contribution in [0.15, 0.2) is 60.8 Å². The Hall–Kier alpha value is -3.62. The zero-order valence-corrected chi connectivity index (χ0v) is 20.3. The summed E-state index contributed by atoms with van der Waals surface area (Å²) in [6, 6.07) is 18.3. The number of aromatic nitrogens is 3. The summed E-state index contributed by atoms with van der Waals surface area (Å²) in [6.45, 7) is 2.70. The molecule has 35 heavy (non-hydrogen) atoms. The van der Waals surface area contributed by atoms with Crippen molar-refractivity contribution in [1.82, 2.24) is 19.9 Å². The Morgan fingerprint density at radius 1 is 1.03 bits per heavy atom. The normalized spacial score (nSPS) is 17.9. The highest BCUT2D eigenvalue weighted by Crippen LogP contribution is 2.36. The van der Waals surface area contributed by atoms with Crippen LogP contribution in [0.4, 0.5) is 11.6 Å². The smallest absolute Gasteiger partial charge is 0.245 e. The fraction of sp³-hybridized carbons (Fsp3) is 0.333. The molecule has 8 nitrogen and oxygen atoms in total. The van der Waals surface area contributed by atoms with E-state index in [4.69, 9.17) is 19.3 Å². The number of rotatable bonds is 8. The lowest BCUT2D eigenvalue weighted by Gasteiger charge is -2.32. The first-order valence-electron chi connectivity index (χ1n) is 11.8. The molecule has 1 aliphatic heterocycles. The monoisotopic (exact) mass is 473 g/mol. The van der Waals surface area contributed by atoms with Crippen LogP contribution in [0.25, 0.3) is 16.8 Å². The van der Waals surface area contributed by atoms with Gasteiger partial charge in [0, 0.05) is 25.1 Å². The van der Waals surface area contributed by atoms with Crippen molar-refractivity contribution in [3.05, 3.63) is 66.4 Å². The van der Waals surface area contributed by atoms with E-state index in [1.807, 2.05) is 47.0 Å². The number of para-hydroxylation sites is 1. The van der Waals surface area contributed by atoms with Gasteiger partial charge < -0.3 is 24.8 Å². The van der Waals surface area contributed by atoms with E-state index < -0.39 is 0 Å². The minimum Gasteiger partial charge on any atom is -0.496 e. The van der Waals surface area contributed by atoms with Gasteiger partial charge in [-0.1, -0.05) is 18.2 Å². The molecule has 5 rings (SSSR count). The fourth-order valence-corrected chi connectivity index (χ4v) is 4.93. The largest absolute Gasteiger partial charge is 0.496 e. The van der Waals surface area contributed by atoms with Crippen molar-refractivity contribution in [1.29, 1.82) is 0 Å². The summed E-state index contributed by atoms with van der Waals surface area (Å²) in [5.41, 5.74) is 4.87. The second-order valence-electron chi connectivity index (χ2n) is 8.74. The minimum atomic E-state index is 0.426. The van der Waals surface area contributed by atoms with Gasteiger partial charge in [-0.15, -0.1) is 5.10 Å². The highest BCUT2D eigenvalue weighted by molar-refractivity contribution is 5.72. The Kier molecular flexibility index (Phi) is 6.83. The number of benzene rings is 2. The molecule has 1 aliphatic rings. The van der Waals surface area contributed by atoms with Crippen LogP contribution in [-0.2, 0) is 4.74 Å². The van der Waals surface area contributed by atoms with Gasteiger partial charge in [0.1, 0.15) is 11.5 Å². The van der Waals surface area contributed by atoms with Crippen molar-refractivity contribution >= 4 is 17.2 Å². The maximum atomic E-state index is 5.75. The summed E-state index contributed by atoms with van der Waals surface area (Å²) < 4.78 is 18.6. The molecule has 0 spiro atoms. The number of hydrogen-bond donors (Lipinski definition) is 2. The number of piperidine rings is 1. The van der Waals surface area contributed by atoms with Gasteiger partial charge in [-0.25, -0.2) is 9.50 Å². The van der Waals surface area contributed by atoms with Crippen LogP contribution in [0.2, 0.25) is 0 Å². The summed E-state index contributed by atoms with van der Waals surface area (Å²) in [5, 5.41) is 11.6. The molecule has 1 fully saturated rings. The van der Waals surface area contributed by atoms with Gasteiger partial charge in [0.25, 0.3) is 0 Å². The molecule has 2 aromatic heterocycles. The van der Waals surface area contributed by atoms with Gasteiger partial charge >= 0.3 is 0 Å². The fourth-order valence-electron chi connectivity index (χ4n) is 4.93. The lowest BCUT2D eigenvalue weighted by Crippen LogP contribution is -2.37. The Balaban J connectivity index is 1.45. The van der Waals surface area contributed by atoms with Crippen LogP contribution in [0.3, 0.4) is 0 Å². The average Bonchev–Trinajstić information content (AvgIpc) is 3.32. The first-order valence-corrected chi connectivity index (χ1v) is 11.8.